The van der Waals surface area contributed by atoms with E-state index >= 15 is 0 Å². The lowest BCUT2D eigenvalue weighted by molar-refractivity contribution is -0.149. The van der Waals surface area contributed by atoms with Crippen molar-refractivity contribution in [3.63, 3.8) is 0 Å². The molecule has 0 unspecified atom stereocenters. The number of hydrogen-bond acceptors (Lipinski definition) is 9. The van der Waals surface area contributed by atoms with Crippen LogP contribution >= 0.6 is 11.8 Å². The van der Waals surface area contributed by atoms with Crippen molar-refractivity contribution in [2.75, 3.05) is 50.9 Å². The van der Waals surface area contributed by atoms with Crippen LogP contribution in [-0.2, 0) is 28.7 Å². The number of carbonyl (C=O) groups is 4. The van der Waals surface area contributed by atoms with Crippen LogP contribution in [0.2, 0.25) is 0 Å². The molecule has 0 saturated carbocycles. The minimum atomic E-state index is -0.653. The highest BCUT2D eigenvalue weighted by molar-refractivity contribution is 7.99. The van der Waals surface area contributed by atoms with Gasteiger partial charge >= 0.3 is 11.9 Å². The van der Waals surface area contributed by atoms with E-state index in [4.69, 9.17) is 9.47 Å². The molecule has 2 N–H and O–H groups in total. The fraction of sp³-hybridized carbons (Fsp3) is 0.846. The summed E-state index contributed by atoms with van der Waals surface area (Å²) in [7, 11) is 0. The van der Waals surface area contributed by atoms with E-state index in [1.54, 1.807) is 9.80 Å². The first-order valence-corrected chi connectivity index (χ1v) is 14.2. The summed E-state index contributed by atoms with van der Waals surface area (Å²) in [6.07, 6.45) is 0.478. The molecule has 2 amide bonds. The van der Waals surface area contributed by atoms with Crippen molar-refractivity contribution in [2.45, 2.75) is 90.4 Å². The standard InChI is InChI=1S/C26H46N4O6S/c1-23(2)17-29(21(33)25(5,6)27-23)11-13-35-19(31)9-15-37-16-10-20(32)36-14-12-30-18-24(3,4)28-26(7,8)22(30)34/h27-28H,9-18H2,1-8H3. The molecule has 2 rings (SSSR count). The van der Waals surface area contributed by atoms with Crippen LogP contribution in [0.1, 0.15) is 68.2 Å². The van der Waals surface area contributed by atoms with Gasteiger partial charge < -0.3 is 19.3 Å². The Hall–Kier alpha value is -1.85. The molecule has 2 aliphatic heterocycles. The Morgan fingerprint density at radius 2 is 1.08 bits per heavy atom. The van der Waals surface area contributed by atoms with Gasteiger partial charge in [0.1, 0.15) is 13.2 Å². The van der Waals surface area contributed by atoms with Gasteiger partial charge in [0.25, 0.3) is 0 Å². The number of piperazine rings is 2. The first-order valence-electron chi connectivity index (χ1n) is 13.0. The second kappa shape index (κ2) is 12.3. The monoisotopic (exact) mass is 542 g/mol. The lowest BCUT2D eigenvalue weighted by Crippen LogP contribution is -2.69. The number of nitrogens with one attached hydrogen (secondary N) is 2. The van der Waals surface area contributed by atoms with Gasteiger partial charge in [0.05, 0.1) is 37.0 Å². The smallest absolute Gasteiger partial charge is 0.306 e. The highest BCUT2D eigenvalue weighted by Gasteiger charge is 2.44. The maximum absolute atomic E-state index is 12.6. The largest absolute Gasteiger partial charge is 0.464 e. The summed E-state index contributed by atoms with van der Waals surface area (Å²) in [5, 5.41) is 6.68. The average Bonchev–Trinajstić information content (AvgIpc) is 2.73. The van der Waals surface area contributed by atoms with Crippen molar-refractivity contribution in [2.24, 2.45) is 0 Å². The van der Waals surface area contributed by atoms with Crippen LogP contribution in [0.15, 0.2) is 0 Å². The third-order valence-corrected chi connectivity index (χ3v) is 7.25. The van der Waals surface area contributed by atoms with Crippen molar-refractivity contribution in [3.05, 3.63) is 0 Å². The number of amides is 2. The van der Waals surface area contributed by atoms with Crippen LogP contribution in [0.4, 0.5) is 0 Å². The Labute approximate surface area is 225 Å². The number of esters is 2. The van der Waals surface area contributed by atoms with Gasteiger partial charge in [-0.3, -0.25) is 29.8 Å². The van der Waals surface area contributed by atoms with E-state index in [1.165, 1.54) is 11.8 Å². The number of nitrogens with zero attached hydrogens (tertiary/aromatic N) is 2. The molecule has 0 aromatic rings. The zero-order valence-electron chi connectivity index (χ0n) is 23.8. The molecule has 0 aromatic carbocycles. The van der Waals surface area contributed by atoms with Crippen molar-refractivity contribution >= 4 is 35.5 Å². The topological polar surface area (TPSA) is 117 Å². The third kappa shape index (κ3) is 9.76. The number of hydrogen-bond donors (Lipinski definition) is 2. The SMILES string of the molecule is CC1(C)CN(CCOC(=O)CCSCCC(=O)OCCN2CC(C)(C)NC(C)(C)C2=O)C(=O)C(C)(C)N1. The van der Waals surface area contributed by atoms with E-state index in [2.05, 4.69) is 10.6 Å². The van der Waals surface area contributed by atoms with Crippen molar-refractivity contribution in [1.29, 1.82) is 0 Å². The molecule has 0 aliphatic carbocycles. The summed E-state index contributed by atoms with van der Waals surface area (Å²) >= 11 is 1.49. The van der Waals surface area contributed by atoms with E-state index in [0.717, 1.165) is 0 Å². The second-order valence-electron chi connectivity index (χ2n) is 12.3. The van der Waals surface area contributed by atoms with Crippen LogP contribution in [0, 0.1) is 0 Å². The van der Waals surface area contributed by atoms with Crippen molar-refractivity contribution in [3.8, 4) is 0 Å². The molecule has 37 heavy (non-hydrogen) atoms. The van der Waals surface area contributed by atoms with Crippen LogP contribution < -0.4 is 10.6 Å². The van der Waals surface area contributed by atoms with Crippen molar-refractivity contribution in [1.82, 2.24) is 20.4 Å². The normalized spacial score (nSPS) is 22.1. The zero-order valence-corrected chi connectivity index (χ0v) is 24.6. The van der Waals surface area contributed by atoms with Gasteiger partial charge in [0, 0.05) is 35.7 Å². The van der Waals surface area contributed by atoms with Gasteiger partial charge in [-0.05, 0) is 55.4 Å². The Morgan fingerprint density at radius 1 is 0.730 bits per heavy atom. The highest BCUT2D eigenvalue weighted by atomic mass is 32.2. The van der Waals surface area contributed by atoms with Crippen LogP contribution in [0.3, 0.4) is 0 Å². The van der Waals surface area contributed by atoms with E-state index < -0.39 is 11.1 Å². The Bertz CT molecular complexity index is 790. The summed E-state index contributed by atoms with van der Waals surface area (Å²) in [5.41, 5.74) is -1.73. The van der Waals surface area contributed by atoms with Crippen LogP contribution in [0.5, 0.6) is 0 Å². The van der Waals surface area contributed by atoms with Gasteiger partial charge in [-0.2, -0.15) is 11.8 Å². The third-order valence-electron chi connectivity index (χ3n) is 6.27. The fourth-order valence-corrected chi connectivity index (χ4v) is 6.05. The van der Waals surface area contributed by atoms with E-state index in [-0.39, 0.29) is 60.9 Å². The average molecular weight is 543 g/mol. The Morgan fingerprint density at radius 3 is 1.43 bits per heavy atom. The molecule has 10 nitrogen and oxygen atoms in total. The summed E-state index contributed by atoms with van der Waals surface area (Å²) in [6.45, 7) is 17.8. The molecule has 2 heterocycles. The number of rotatable bonds is 12. The second-order valence-corrected chi connectivity index (χ2v) is 13.5. The predicted octanol–water partition coefficient (Wildman–Crippen LogP) is 1.56. The maximum atomic E-state index is 12.6. The summed E-state index contributed by atoms with van der Waals surface area (Å²) in [5.74, 6) is 0.441. The highest BCUT2D eigenvalue weighted by Crippen LogP contribution is 2.23. The van der Waals surface area contributed by atoms with Gasteiger partial charge in [-0.25, -0.2) is 0 Å². The first-order chi connectivity index (χ1) is 16.9. The molecule has 0 radical (unpaired) electrons. The Balaban J connectivity index is 1.56. The maximum Gasteiger partial charge on any atom is 0.306 e. The quantitative estimate of drug-likeness (QED) is 0.280. The van der Waals surface area contributed by atoms with Gasteiger partial charge in [0.2, 0.25) is 11.8 Å². The van der Waals surface area contributed by atoms with Gasteiger partial charge in [-0.1, -0.05) is 0 Å². The minimum absolute atomic E-state index is 0.00229. The summed E-state index contributed by atoms with van der Waals surface area (Å²) in [6, 6.07) is 0. The lowest BCUT2D eigenvalue weighted by Gasteiger charge is -2.47. The minimum Gasteiger partial charge on any atom is -0.464 e. The molecule has 2 saturated heterocycles. The molecular formula is C26H46N4O6S. The van der Waals surface area contributed by atoms with Crippen LogP contribution in [0.25, 0.3) is 0 Å². The molecular weight excluding hydrogens is 496 g/mol. The van der Waals surface area contributed by atoms with Crippen LogP contribution in [-0.4, -0.2) is 107 Å². The van der Waals surface area contributed by atoms with E-state index in [1.807, 2.05) is 55.4 Å². The van der Waals surface area contributed by atoms with E-state index in [9.17, 15) is 19.2 Å². The first kappa shape index (κ1) is 31.4. The number of ether oxygens (including phenoxy) is 2. The summed E-state index contributed by atoms with van der Waals surface area (Å²) < 4.78 is 10.6. The molecule has 11 heteroatoms. The number of thioether (sulfide) groups is 1. The van der Waals surface area contributed by atoms with E-state index in [0.29, 0.717) is 37.7 Å². The molecule has 0 atom stereocenters. The molecule has 0 spiro atoms. The van der Waals surface area contributed by atoms with Crippen molar-refractivity contribution < 1.29 is 28.7 Å². The summed E-state index contributed by atoms with van der Waals surface area (Å²) in [4.78, 5) is 52.7. The van der Waals surface area contributed by atoms with Gasteiger partial charge in [-0.15, -0.1) is 0 Å². The fourth-order valence-electron chi connectivity index (χ4n) is 5.22. The van der Waals surface area contributed by atoms with Gasteiger partial charge in [0.15, 0.2) is 0 Å². The molecule has 0 bridgehead atoms. The number of carbonyl (C=O) groups excluding carboxylic acids is 4. The Kier molecular flexibility index (Phi) is 10.5. The zero-order chi connectivity index (χ0) is 28.1. The lowest BCUT2D eigenvalue weighted by atomic mass is 9.90. The molecule has 0 aromatic heterocycles. The predicted molar refractivity (Wildman–Crippen MR) is 144 cm³/mol. The molecule has 2 aliphatic rings. The molecule has 2 fully saturated rings. The molecule has 212 valence electrons.